The molecule has 20 heavy (non-hydrogen) atoms. The highest BCUT2D eigenvalue weighted by atomic mass is 16.5. The summed E-state index contributed by atoms with van der Waals surface area (Å²) in [6.07, 6.45) is 8.46. The molecule has 0 spiro atoms. The highest BCUT2D eigenvalue weighted by Crippen LogP contribution is 2.46. The molecule has 0 unspecified atom stereocenters. The van der Waals surface area contributed by atoms with Crippen molar-refractivity contribution < 1.29 is 9.53 Å². The predicted octanol–water partition coefficient (Wildman–Crippen LogP) is 2.14. The van der Waals surface area contributed by atoms with Gasteiger partial charge in [-0.15, -0.1) is 0 Å². The first-order valence-electron chi connectivity index (χ1n) is 6.44. The number of nitrogens with one attached hydrogen (secondary N) is 1. The highest BCUT2D eigenvalue weighted by molar-refractivity contribution is 5.97. The van der Waals surface area contributed by atoms with Gasteiger partial charge in [-0.2, -0.15) is 0 Å². The van der Waals surface area contributed by atoms with Crippen LogP contribution in [0.25, 0.3) is 17.1 Å². The lowest BCUT2D eigenvalue weighted by Gasteiger charge is -2.02. The standard InChI is InChI=1S/C14H16N4O2/c1-14(5-6-14)4-3-8-7-16-11-9(8)10(15)17-12(18-11)13(19)20-2/h3-4,7H,5-6H2,1-2H3,(H3,15,16,17,18). The van der Waals surface area contributed by atoms with E-state index in [4.69, 9.17) is 5.73 Å². The number of ether oxygens (including phenoxy) is 1. The molecule has 0 radical (unpaired) electrons. The van der Waals surface area contributed by atoms with Crippen LogP contribution in [0.3, 0.4) is 0 Å². The minimum absolute atomic E-state index is 0.0379. The van der Waals surface area contributed by atoms with Gasteiger partial charge in [-0.3, -0.25) is 0 Å². The first kappa shape index (κ1) is 12.7. The fraction of sp³-hybridized carbons (Fsp3) is 0.357. The van der Waals surface area contributed by atoms with Gasteiger partial charge in [0.1, 0.15) is 11.5 Å². The third kappa shape index (κ3) is 2.13. The number of fused-ring (bicyclic) bond motifs is 1. The van der Waals surface area contributed by atoms with Gasteiger partial charge in [-0.1, -0.05) is 19.1 Å². The molecule has 2 heterocycles. The first-order valence-corrected chi connectivity index (χ1v) is 6.44. The number of hydrogen-bond acceptors (Lipinski definition) is 5. The number of anilines is 1. The van der Waals surface area contributed by atoms with Gasteiger partial charge in [-0.05, 0) is 18.3 Å². The summed E-state index contributed by atoms with van der Waals surface area (Å²) < 4.78 is 4.60. The Kier molecular flexibility index (Phi) is 2.74. The van der Waals surface area contributed by atoms with Crippen molar-refractivity contribution in [3.63, 3.8) is 0 Å². The van der Waals surface area contributed by atoms with E-state index >= 15 is 0 Å². The Morgan fingerprint density at radius 2 is 2.25 bits per heavy atom. The van der Waals surface area contributed by atoms with Crippen LogP contribution >= 0.6 is 0 Å². The average Bonchev–Trinajstić information content (AvgIpc) is 3.02. The van der Waals surface area contributed by atoms with Crippen molar-refractivity contribution in [3.05, 3.63) is 23.7 Å². The molecule has 1 aliphatic rings. The molecule has 3 N–H and O–H groups in total. The Morgan fingerprint density at radius 3 is 2.90 bits per heavy atom. The van der Waals surface area contributed by atoms with Gasteiger partial charge in [0.2, 0.25) is 5.82 Å². The molecule has 0 amide bonds. The molecule has 1 aliphatic carbocycles. The second kappa shape index (κ2) is 4.33. The molecule has 2 aromatic heterocycles. The summed E-state index contributed by atoms with van der Waals surface area (Å²) in [5.74, 6) is -0.364. The summed E-state index contributed by atoms with van der Waals surface area (Å²) in [5.41, 5.74) is 7.72. The maximum atomic E-state index is 11.5. The van der Waals surface area contributed by atoms with Gasteiger partial charge < -0.3 is 15.5 Å². The number of carbonyl (C=O) groups excluding carboxylic acids is 1. The third-order valence-electron chi connectivity index (χ3n) is 3.66. The number of rotatable bonds is 3. The summed E-state index contributed by atoms with van der Waals surface area (Å²) in [5, 5.41) is 0.734. The minimum atomic E-state index is -0.601. The number of esters is 1. The van der Waals surface area contributed by atoms with E-state index in [0.717, 1.165) is 10.9 Å². The van der Waals surface area contributed by atoms with Crippen molar-refractivity contribution in [2.45, 2.75) is 19.8 Å². The molecule has 0 aliphatic heterocycles. The number of allylic oxidation sites excluding steroid dienone is 1. The lowest BCUT2D eigenvalue weighted by atomic mass is 10.1. The molecule has 104 valence electrons. The molecule has 2 aromatic rings. The fourth-order valence-corrected chi connectivity index (χ4v) is 2.05. The van der Waals surface area contributed by atoms with Crippen molar-refractivity contribution in [2.24, 2.45) is 5.41 Å². The van der Waals surface area contributed by atoms with Crippen molar-refractivity contribution >= 4 is 28.9 Å². The molecule has 6 nitrogen and oxygen atoms in total. The second-order valence-corrected chi connectivity index (χ2v) is 5.38. The first-order chi connectivity index (χ1) is 9.52. The SMILES string of the molecule is COC(=O)c1nc(N)c2c(C=CC3(C)CC3)c[nH]c2n1. The number of nitrogens with two attached hydrogens (primary N) is 1. The normalized spacial score (nSPS) is 16.7. The average molecular weight is 272 g/mol. The van der Waals surface area contributed by atoms with Gasteiger partial charge in [0.15, 0.2) is 0 Å². The number of nitrogen functional groups attached to an aromatic ring is 1. The van der Waals surface area contributed by atoms with Crippen LogP contribution in [0, 0.1) is 5.41 Å². The zero-order valence-electron chi connectivity index (χ0n) is 11.4. The Balaban J connectivity index is 2.04. The summed E-state index contributed by atoms with van der Waals surface area (Å²) in [7, 11) is 1.28. The quantitative estimate of drug-likeness (QED) is 0.835. The van der Waals surface area contributed by atoms with E-state index in [0.29, 0.717) is 11.1 Å². The molecule has 0 bridgehead atoms. The summed E-state index contributed by atoms with van der Waals surface area (Å²) in [6, 6.07) is 0. The number of aromatic amines is 1. The van der Waals surface area contributed by atoms with Crippen LogP contribution in [0.1, 0.15) is 35.9 Å². The predicted molar refractivity (Wildman–Crippen MR) is 76.0 cm³/mol. The zero-order valence-corrected chi connectivity index (χ0v) is 11.4. The second-order valence-electron chi connectivity index (χ2n) is 5.38. The topological polar surface area (TPSA) is 93.9 Å². The Bertz CT molecular complexity index is 713. The number of hydrogen-bond donors (Lipinski definition) is 2. The summed E-state index contributed by atoms with van der Waals surface area (Å²) >= 11 is 0. The molecular weight excluding hydrogens is 256 g/mol. The zero-order chi connectivity index (χ0) is 14.3. The molecule has 0 saturated heterocycles. The van der Waals surface area contributed by atoms with Crippen molar-refractivity contribution in [1.82, 2.24) is 15.0 Å². The van der Waals surface area contributed by atoms with E-state index in [-0.39, 0.29) is 11.6 Å². The molecule has 0 atom stereocenters. The van der Waals surface area contributed by atoms with Crippen molar-refractivity contribution in [3.8, 4) is 0 Å². The van der Waals surface area contributed by atoms with E-state index < -0.39 is 5.97 Å². The largest absolute Gasteiger partial charge is 0.463 e. The van der Waals surface area contributed by atoms with E-state index in [9.17, 15) is 4.79 Å². The number of carbonyl (C=O) groups is 1. The summed E-state index contributed by atoms with van der Waals surface area (Å²) in [4.78, 5) is 22.6. The summed E-state index contributed by atoms with van der Waals surface area (Å²) in [6.45, 7) is 2.22. The maximum absolute atomic E-state index is 11.5. The van der Waals surface area contributed by atoms with Crippen LogP contribution in [-0.4, -0.2) is 28.0 Å². The van der Waals surface area contributed by atoms with Gasteiger partial charge in [0.05, 0.1) is 12.5 Å². The van der Waals surface area contributed by atoms with E-state index in [1.807, 2.05) is 12.3 Å². The van der Waals surface area contributed by atoms with Crippen molar-refractivity contribution in [1.29, 1.82) is 0 Å². The van der Waals surface area contributed by atoms with Gasteiger partial charge in [0, 0.05) is 11.8 Å². The van der Waals surface area contributed by atoms with Crippen LogP contribution in [0.15, 0.2) is 12.3 Å². The smallest absolute Gasteiger partial charge is 0.376 e. The van der Waals surface area contributed by atoms with E-state index in [2.05, 4.69) is 32.7 Å². The monoisotopic (exact) mass is 272 g/mol. The number of aromatic nitrogens is 3. The molecule has 3 rings (SSSR count). The highest BCUT2D eigenvalue weighted by Gasteiger charge is 2.34. The molecule has 6 heteroatoms. The van der Waals surface area contributed by atoms with Crippen LogP contribution < -0.4 is 5.73 Å². The molecular formula is C14H16N4O2. The Morgan fingerprint density at radius 1 is 1.50 bits per heavy atom. The fourth-order valence-electron chi connectivity index (χ4n) is 2.05. The Labute approximate surface area is 116 Å². The van der Waals surface area contributed by atoms with Gasteiger partial charge >= 0.3 is 5.97 Å². The van der Waals surface area contributed by atoms with Crippen LogP contribution in [0.2, 0.25) is 0 Å². The van der Waals surface area contributed by atoms with Crippen molar-refractivity contribution in [2.75, 3.05) is 12.8 Å². The third-order valence-corrected chi connectivity index (χ3v) is 3.66. The van der Waals surface area contributed by atoms with Crippen LogP contribution in [0.4, 0.5) is 5.82 Å². The lowest BCUT2D eigenvalue weighted by molar-refractivity contribution is 0.0587. The number of H-pyrrole nitrogens is 1. The van der Waals surface area contributed by atoms with Crippen LogP contribution in [-0.2, 0) is 4.74 Å². The van der Waals surface area contributed by atoms with Gasteiger partial charge in [-0.25, -0.2) is 14.8 Å². The Hall–Kier alpha value is -2.37. The molecule has 1 fully saturated rings. The number of methoxy groups -OCH3 is 1. The van der Waals surface area contributed by atoms with Crippen LogP contribution in [0.5, 0.6) is 0 Å². The number of nitrogens with zero attached hydrogens (tertiary/aromatic N) is 2. The van der Waals surface area contributed by atoms with Gasteiger partial charge in [0.25, 0.3) is 0 Å². The lowest BCUT2D eigenvalue weighted by Crippen LogP contribution is -2.09. The molecule has 1 saturated carbocycles. The maximum Gasteiger partial charge on any atom is 0.376 e. The van der Waals surface area contributed by atoms with E-state index in [1.165, 1.54) is 20.0 Å². The minimum Gasteiger partial charge on any atom is -0.463 e. The molecule has 0 aromatic carbocycles. The van der Waals surface area contributed by atoms with E-state index in [1.54, 1.807) is 0 Å².